The summed E-state index contributed by atoms with van der Waals surface area (Å²) in [7, 11) is 0. The number of aliphatic imine (C=N–C) groups is 2. The number of aromatic hydroxyl groups is 1. The molecular formula is C28H28N4O. The second-order valence-electron chi connectivity index (χ2n) is 7.42. The molecule has 0 atom stereocenters. The molecule has 5 heteroatoms. The van der Waals surface area contributed by atoms with Gasteiger partial charge < -0.3 is 10.4 Å². The number of rotatable bonds is 9. The molecule has 166 valence electrons. The van der Waals surface area contributed by atoms with Gasteiger partial charge in [-0.1, -0.05) is 67.3 Å². The Labute approximate surface area is 195 Å². The molecule has 0 saturated carbocycles. The Morgan fingerprint density at radius 2 is 1.82 bits per heavy atom. The number of hydrogen-bond donors (Lipinski definition) is 3. The lowest BCUT2D eigenvalue weighted by molar-refractivity contribution is 0.474. The molecule has 0 aromatic heterocycles. The van der Waals surface area contributed by atoms with Crippen LogP contribution in [0.3, 0.4) is 0 Å². The Balaban J connectivity index is 2.04. The minimum Gasteiger partial charge on any atom is -0.508 e. The summed E-state index contributed by atoms with van der Waals surface area (Å²) in [6.07, 6.45) is 4.55. The average molecular weight is 437 g/mol. The van der Waals surface area contributed by atoms with E-state index in [1.165, 1.54) is 0 Å². The highest BCUT2D eigenvalue weighted by Crippen LogP contribution is 2.35. The largest absolute Gasteiger partial charge is 0.508 e. The van der Waals surface area contributed by atoms with E-state index in [-0.39, 0.29) is 5.75 Å². The summed E-state index contributed by atoms with van der Waals surface area (Å²) in [5, 5.41) is 20.3. The summed E-state index contributed by atoms with van der Waals surface area (Å²) in [5.74, 6) is 0.232. The van der Waals surface area contributed by atoms with Crippen LogP contribution in [0, 0.1) is 5.41 Å². The molecule has 3 rings (SSSR count). The Morgan fingerprint density at radius 3 is 2.52 bits per heavy atom. The van der Waals surface area contributed by atoms with Crippen LogP contribution in [-0.4, -0.2) is 23.4 Å². The van der Waals surface area contributed by atoms with Crippen molar-refractivity contribution >= 4 is 29.6 Å². The second-order valence-corrected chi connectivity index (χ2v) is 7.42. The predicted molar refractivity (Wildman–Crippen MR) is 140 cm³/mol. The average Bonchev–Trinajstić information content (AvgIpc) is 2.83. The molecule has 0 fully saturated rings. The topological polar surface area (TPSA) is 80.8 Å². The molecule has 3 N–H and O–H groups in total. The van der Waals surface area contributed by atoms with Gasteiger partial charge in [0, 0.05) is 35.3 Å². The molecule has 0 aliphatic heterocycles. The van der Waals surface area contributed by atoms with Crippen LogP contribution in [0.4, 0.5) is 5.69 Å². The van der Waals surface area contributed by atoms with Gasteiger partial charge in [0.25, 0.3) is 0 Å². The molecule has 3 aromatic carbocycles. The number of phenols is 1. The first-order chi connectivity index (χ1) is 16.0. The van der Waals surface area contributed by atoms with Crippen LogP contribution in [0.1, 0.15) is 25.0 Å². The molecule has 0 unspecified atom stereocenters. The van der Waals surface area contributed by atoms with E-state index in [1.807, 2.05) is 62.4 Å². The van der Waals surface area contributed by atoms with E-state index in [1.54, 1.807) is 18.3 Å². The quantitative estimate of drug-likeness (QED) is 0.263. The molecule has 0 radical (unpaired) electrons. The number of nitrogens with one attached hydrogen (secondary N) is 2. The van der Waals surface area contributed by atoms with Crippen LogP contribution in [0.25, 0.3) is 16.8 Å². The van der Waals surface area contributed by atoms with E-state index in [2.05, 4.69) is 35.1 Å². The van der Waals surface area contributed by atoms with Crippen molar-refractivity contribution in [3.8, 4) is 16.9 Å². The first kappa shape index (κ1) is 23.4. The minimum absolute atomic E-state index is 0.232. The maximum absolute atomic E-state index is 9.77. The zero-order chi connectivity index (χ0) is 23.6. The van der Waals surface area contributed by atoms with Crippen molar-refractivity contribution in [3.05, 3.63) is 102 Å². The highest BCUT2D eigenvalue weighted by atomic mass is 16.3. The summed E-state index contributed by atoms with van der Waals surface area (Å²) in [5.41, 5.74) is 7.09. The lowest BCUT2D eigenvalue weighted by Crippen LogP contribution is -2.12. The van der Waals surface area contributed by atoms with Crippen molar-refractivity contribution in [2.75, 3.05) is 0 Å². The van der Waals surface area contributed by atoms with Gasteiger partial charge in [-0.25, -0.2) is 4.99 Å². The normalized spacial score (nSPS) is 12.1. The standard InChI is InChI=1S/C28H28N4O/c1-4-23(18-30-19-29)20(2)32-27-15-9-14-26(24-11-6-5-7-12-24)28(27)21(3)31-17-22-10-8-13-25(33)16-22/h4-16,18-19,29,31,33H,3,17H2,1-2H3/b23-4+,29-19?,30-18-,32-20+. The lowest BCUT2D eigenvalue weighted by atomic mass is 9.96. The minimum atomic E-state index is 0.232. The lowest BCUT2D eigenvalue weighted by Gasteiger charge is -2.17. The molecule has 0 saturated heterocycles. The zero-order valence-corrected chi connectivity index (χ0v) is 18.9. The third-order valence-electron chi connectivity index (χ3n) is 5.15. The van der Waals surface area contributed by atoms with Gasteiger partial charge in [0.2, 0.25) is 0 Å². The Morgan fingerprint density at radius 1 is 1.06 bits per heavy atom. The number of hydrogen-bond acceptors (Lipinski definition) is 4. The molecule has 0 bridgehead atoms. The number of allylic oxidation sites excluding steroid dienone is 2. The summed E-state index contributed by atoms with van der Waals surface area (Å²) < 4.78 is 0. The summed E-state index contributed by atoms with van der Waals surface area (Å²) in [6, 6.07) is 23.3. The van der Waals surface area contributed by atoms with Gasteiger partial charge in [-0.2, -0.15) is 0 Å². The monoisotopic (exact) mass is 436 g/mol. The van der Waals surface area contributed by atoms with E-state index in [0.717, 1.165) is 51.3 Å². The molecule has 3 aromatic rings. The van der Waals surface area contributed by atoms with Gasteiger partial charge in [-0.15, -0.1) is 0 Å². The zero-order valence-electron chi connectivity index (χ0n) is 18.9. The van der Waals surface area contributed by atoms with Crippen LogP contribution in [0.15, 0.2) is 101 Å². The highest BCUT2D eigenvalue weighted by molar-refractivity contribution is 6.16. The molecule has 0 aliphatic rings. The molecule has 33 heavy (non-hydrogen) atoms. The maximum atomic E-state index is 9.77. The smallest absolute Gasteiger partial charge is 0.115 e. The Hall–Kier alpha value is -4.25. The Kier molecular flexibility index (Phi) is 8.08. The van der Waals surface area contributed by atoms with Crippen molar-refractivity contribution in [1.29, 1.82) is 5.41 Å². The first-order valence-electron chi connectivity index (χ1n) is 10.7. The summed E-state index contributed by atoms with van der Waals surface area (Å²) >= 11 is 0. The summed E-state index contributed by atoms with van der Waals surface area (Å²) in [6.45, 7) is 8.68. The molecule has 0 aliphatic carbocycles. The van der Waals surface area contributed by atoms with Crippen LogP contribution in [-0.2, 0) is 6.54 Å². The van der Waals surface area contributed by atoms with Crippen molar-refractivity contribution in [2.45, 2.75) is 20.4 Å². The predicted octanol–water partition coefficient (Wildman–Crippen LogP) is 6.54. The van der Waals surface area contributed by atoms with E-state index >= 15 is 0 Å². The van der Waals surface area contributed by atoms with Crippen molar-refractivity contribution in [1.82, 2.24) is 5.32 Å². The fraction of sp³-hybridized carbons (Fsp3) is 0.107. The molecule has 0 amide bonds. The third kappa shape index (κ3) is 6.14. The molecule has 5 nitrogen and oxygen atoms in total. The van der Waals surface area contributed by atoms with E-state index in [0.29, 0.717) is 6.54 Å². The number of nitrogens with zero attached hydrogens (tertiary/aromatic N) is 2. The van der Waals surface area contributed by atoms with Gasteiger partial charge in [-0.3, -0.25) is 10.4 Å². The highest BCUT2D eigenvalue weighted by Gasteiger charge is 2.14. The summed E-state index contributed by atoms with van der Waals surface area (Å²) in [4.78, 5) is 8.82. The first-order valence-corrected chi connectivity index (χ1v) is 10.7. The van der Waals surface area contributed by atoms with Crippen LogP contribution in [0.2, 0.25) is 0 Å². The van der Waals surface area contributed by atoms with Crippen LogP contribution in [0.5, 0.6) is 5.75 Å². The van der Waals surface area contributed by atoms with Gasteiger partial charge in [-0.05, 0) is 48.7 Å². The van der Waals surface area contributed by atoms with Gasteiger partial charge in [0.15, 0.2) is 0 Å². The molecule has 0 spiro atoms. The van der Waals surface area contributed by atoms with E-state index < -0.39 is 0 Å². The van der Waals surface area contributed by atoms with Gasteiger partial charge in [0.05, 0.1) is 5.69 Å². The fourth-order valence-corrected chi connectivity index (χ4v) is 3.51. The van der Waals surface area contributed by atoms with E-state index in [9.17, 15) is 5.11 Å². The van der Waals surface area contributed by atoms with Crippen molar-refractivity contribution in [3.63, 3.8) is 0 Å². The number of phenolic OH excluding ortho intramolecular Hbond substituents is 1. The SMILES string of the molecule is C=C(NCc1cccc(O)c1)c1c(/N=C(C)/C(/C=N\C=N)=C/C)cccc1-c1ccccc1. The maximum Gasteiger partial charge on any atom is 0.115 e. The number of benzene rings is 3. The second kappa shape index (κ2) is 11.4. The van der Waals surface area contributed by atoms with Gasteiger partial charge >= 0.3 is 0 Å². The van der Waals surface area contributed by atoms with Crippen molar-refractivity contribution in [2.24, 2.45) is 9.98 Å². The fourth-order valence-electron chi connectivity index (χ4n) is 3.51. The molecular weight excluding hydrogens is 408 g/mol. The van der Waals surface area contributed by atoms with Crippen LogP contribution < -0.4 is 5.32 Å². The molecule has 0 heterocycles. The van der Waals surface area contributed by atoms with Crippen molar-refractivity contribution < 1.29 is 5.11 Å². The van der Waals surface area contributed by atoms with Gasteiger partial charge in [0.1, 0.15) is 12.1 Å². The third-order valence-corrected chi connectivity index (χ3v) is 5.15. The van der Waals surface area contributed by atoms with Crippen LogP contribution >= 0.6 is 0 Å². The van der Waals surface area contributed by atoms with E-state index in [4.69, 9.17) is 10.4 Å². The Bertz CT molecular complexity index is 1220.